The minimum atomic E-state index is -0.805. The molecule has 9 aromatic rings. The third kappa shape index (κ3) is 21.5. The van der Waals surface area contributed by atoms with E-state index in [1.165, 1.54) is 67.5 Å². The Morgan fingerprint density at radius 1 is 0.517 bits per heavy atom. The summed E-state index contributed by atoms with van der Waals surface area (Å²) in [4.78, 5) is 70.9. The average molecular weight is 1290 g/mol. The highest BCUT2D eigenvalue weighted by Gasteiger charge is 2.24. The number of alkyl halides is 2. The van der Waals surface area contributed by atoms with E-state index in [1.54, 1.807) is 66.7 Å². The number of benzene rings is 6. The molecule has 3 N–H and O–H groups in total. The Morgan fingerprint density at radius 3 is 1.29 bits per heavy atom. The number of hydrogen-bond acceptors (Lipinski definition) is 13. The van der Waals surface area contributed by atoms with Crippen LogP contribution in [0.1, 0.15) is 31.5 Å². The fourth-order valence-electron chi connectivity index (χ4n) is 8.07. The minimum absolute atomic E-state index is 0. The second-order valence-corrected chi connectivity index (χ2v) is 19.3. The van der Waals surface area contributed by atoms with Gasteiger partial charge in [0.15, 0.2) is 0 Å². The lowest BCUT2D eigenvalue weighted by atomic mass is 10.1. The van der Waals surface area contributed by atoms with E-state index in [2.05, 4.69) is 25.3 Å². The van der Waals surface area contributed by atoms with Crippen molar-refractivity contribution in [3.8, 4) is 33.8 Å². The molecule has 89 heavy (non-hydrogen) atoms. The van der Waals surface area contributed by atoms with Crippen molar-refractivity contribution >= 4 is 69.5 Å². The molecule has 27 heteroatoms. The van der Waals surface area contributed by atoms with Gasteiger partial charge in [0.25, 0.3) is 16.7 Å². The lowest BCUT2D eigenvalue weighted by Crippen LogP contribution is -2.24. The van der Waals surface area contributed by atoms with Crippen molar-refractivity contribution in [2.75, 3.05) is 54.1 Å². The highest BCUT2D eigenvalue weighted by atomic mass is 35.5. The summed E-state index contributed by atoms with van der Waals surface area (Å²) in [6.07, 6.45) is -1.06. The maximum atomic E-state index is 13.5. The second kappa shape index (κ2) is 33.9. The second-order valence-electron chi connectivity index (χ2n) is 18.2. The van der Waals surface area contributed by atoms with E-state index in [0.29, 0.717) is 47.4 Å². The summed E-state index contributed by atoms with van der Waals surface area (Å²) >= 11 is 15.3. The largest absolute Gasteiger partial charge is 0.452 e. The van der Waals surface area contributed by atoms with Gasteiger partial charge in [-0.1, -0.05) is 51.3 Å². The summed E-state index contributed by atoms with van der Waals surface area (Å²) in [7, 11) is 0. The number of nitrogens with zero attached hydrogens (tertiary/aromatic N) is 7. The Morgan fingerprint density at radius 2 is 0.910 bits per heavy atom. The summed E-state index contributed by atoms with van der Waals surface area (Å²) in [5.41, 5.74) is 9.36. The Bertz CT molecular complexity index is 4050. The molecule has 18 nitrogen and oxygen atoms in total. The molecule has 0 atom stereocenters. The number of cyclic esters (lactones) is 1. The topological polar surface area (TPSA) is 225 Å². The van der Waals surface area contributed by atoms with Gasteiger partial charge in [0.1, 0.15) is 54.7 Å². The molecule has 0 bridgehead atoms. The normalized spacial score (nSPS) is 11.2. The summed E-state index contributed by atoms with van der Waals surface area (Å²) in [5, 5.41) is 15.2. The molecule has 0 radical (unpaired) electrons. The zero-order chi connectivity index (χ0) is 62.6. The van der Waals surface area contributed by atoms with Crippen molar-refractivity contribution in [3.05, 3.63) is 246 Å². The molecule has 6 aromatic carbocycles. The van der Waals surface area contributed by atoms with Gasteiger partial charge in [-0.25, -0.2) is 54.8 Å². The molecule has 1 aliphatic heterocycles. The zero-order valence-corrected chi connectivity index (χ0v) is 47.5. The van der Waals surface area contributed by atoms with Gasteiger partial charge in [-0.15, -0.1) is 23.2 Å². The Kier molecular flexibility index (Phi) is 26.7. The van der Waals surface area contributed by atoms with Gasteiger partial charge in [0, 0.05) is 81.8 Å². The maximum absolute atomic E-state index is 13.5. The Labute approximate surface area is 520 Å². The summed E-state index contributed by atoms with van der Waals surface area (Å²) < 4.78 is 98.2. The zero-order valence-electron chi connectivity index (χ0n) is 45.2. The van der Waals surface area contributed by atoms with E-state index in [-0.39, 0.29) is 98.3 Å². The van der Waals surface area contributed by atoms with Crippen LogP contribution in [0.25, 0.3) is 33.8 Å². The van der Waals surface area contributed by atoms with Crippen LogP contribution >= 0.6 is 34.8 Å². The lowest BCUT2D eigenvalue weighted by Gasteiger charge is -2.14. The molecule has 4 heterocycles. The van der Waals surface area contributed by atoms with Gasteiger partial charge in [-0.05, 0) is 108 Å². The summed E-state index contributed by atoms with van der Waals surface area (Å²) in [5.74, 6) is -3.84. The standard InChI is InChI=1S/C20H16ClF2N3O3.C20H15F2N3O3.C17H13F2N3O.C3H4Cl2O2.2CH4/c21-6-7-29-20(28)24-17-3-1-2-13(8-17)12-26-19(27)5-4-18(25-26)14-9-15(22)11-16(23)10-14;21-15-9-14(10-16(22)11-15)18-4-5-19(26)25(23-18)12-13-2-1-3-17(8-13)24-6-7-28-20(24)27;18-13-7-12(8-14(19)9-13)16-4-5-17(23)22(21-16)10-11-2-1-3-15(20)6-11;4-1-2-7-3(5)6;;/h1-5,8-11H,6-7,12H2,(H,24,28);1-5,8-11H,6-7,12H2;1-9H,10,20H2;1-2H2;2*1H4. The number of halogens is 9. The number of nitrogens with one attached hydrogen (secondary N) is 1. The van der Waals surface area contributed by atoms with Crippen LogP contribution in [0, 0.1) is 34.9 Å². The molecular formula is C62H56Cl3F6N9O9. The van der Waals surface area contributed by atoms with Crippen LogP contribution in [-0.4, -0.2) is 85.1 Å². The van der Waals surface area contributed by atoms with Gasteiger partial charge in [0.2, 0.25) is 0 Å². The predicted molar refractivity (Wildman–Crippen MR) is 328 cm³/mol. The first-order chi connectivity index (χ1) is 41.7. The first-order valence-corrected chi connectivity index (χ1v) is 27.2. The van der Waals surface area contributed by atoms with Crippen LogP contribution in [0.4, 0.5) is 57.8 Å². The number of carbonyl (C=O) groups is 3. The van der Waals surface area contributed by atoms with E-state index in [4.69, 9.17) is 50.0 Å². The molecule has 1 fully saturated rings. The monoisotopic (exact) mass is 1290 g/mol. The van der Waals surface area contributed by atoms with Crippen molar-refractivity contribution in [1.29, 1.82) is 0 Å². The number of ether oxygens (including phenoxy) is 3. The molecule has 0 aliphatic carbocycles. The van der Waals surface area contributed by atoms with E-state index in [1.807, 2.05) is 6.07 Å². The van der Waals surface area contributed by atoms with Crippen LogP contribution in [0.5, 0.6) is 0 Å². The fraction of sp³-hybridized carbons (Fsp3) is 0.177. The fourth-order valence-corrected chi connectivity index (χ4v) is 8.30. The van der Waals surface area contributed by atoms with E-state index in [0.717, 1.165) is 53.6 Å². The minimum Gasteiger partial charge on any atom is -0.452 e. The molecule has 2 amide bonds. The lowest BCUT2D eigenvalue weighted by molar-refractivity contribution is 0.168. The van der Waals surface area contributed by atoms with E-state index < -0.39 is 52.5 Å². The Hall–Kier alpha value is -9.78. The molecule has 0 spiro atoms. The first-order valence-electron chi connectivity index (χ1n) is 25.7. The number of nitrogen functional groups attached to an aromatic ring is 1. The predicted octanol–water partition coefficient (Wildman–Crippen LogP) is 12.9. The number of rotatable bonds is 15. The SMILES string of the molecule is C.C.Nc1cccc(Cn2nc(-c3cc(F)cc(F)c3)ccc2=O)c1.O=C(Cl)OCCCl.O=C(Nc1cccc(Cn2nc(-c3cc(F)cc(F)c3)ccc2=O)c1)OCCCl.O=C1OCCN1c1cccc(Cn2nc(-c3cc(F)cc(F)c3)ccc2=O)c1. The number of aromatic nitrogens is 6. The highest BCUT2D eigenvalue weighted by Crippen LogP contribution is 2.24. The summed E-state index contributed by atoms with van der Waals surface area (Å²) in [6, 6.07) is 38.3. The number of carbonyl (C=O) groups excluding carboxylic acids is 3. The molecule has 3 aromatic heterocycles. The van der Waals surface area contributed by atoms with Gasteiger partial charge in [-0.3, -0.25) is 24.6 Å². The van der Waals surface area contributed by atoms with Gasteiger partial charge in [-0.2, -0.15) is 15.3 Å². The van der Waals surface area contributed by atoms with Gasteiger partial charge in [0.05, 0.1) is 55.0 Å². The van der Waals surface area contributed by atoms with Crippen molar-refractivity contribution in [1.82, 2.24) is 29.3 Å². The molecule has 466 valence electrons. The molecule has 0 unspecified atom stereocenters. The molecule has 1 aliphatic rings. The van der Waals surface area contributed by atoms with Crippen molar-refractivity contribution in [3.63, 3.8) is 0 Å². The maximum Gasteiger partial charge on any atom is 0.414 e. The van der Waals surface area contributed by atoms with Crippen LogP contribution < -0.4 is 32.6 Å². The Balaban J connectivity index is 0.000000229. The van der Waals surface area contributed by atoms with Crippen molar-refractivity contribution < 1.29 is 54.9 Å². The van der Waals surface area contributed by atoms with Gasteiger partial charge < -0.3 is 19.9 Å². The number of amides is 2. The van der Waals surface area contributed by atoms with Crippen molar-refractivity contribution in [2.24, 2.45) is 0 Å². The number of nitrogens with two attached hydrogens (primary N) is 1. The first kappa shape index (κ1) is 70.0. The van der Waals surface area contributed by atoms with Crippen molar-refractivity contribution in [2.45, 2.75) is 34.5 Å². The molecular weight excluding hydrogens is 1240 g/mol. The van der Waals surface area contributed by atoms with E-state index >= 15 is 0 Å². The average Bonchev–Trinajstić information content (AvgIpc) is 3.02. The number of hydrogen-bond donors (Lipinski definition) is 2. The summed E-state index contributed by atoms with van der Waals surface area (Å²) in [6.45, 7) is 1.51. The van der Waals surface area contributed by atoms with Crippen LogP contribution in [-0.2, 0) is 33.8 Å². The van der Waals surface area contributed by atoms with Crippen LogP contribution in [0.2, 0.25) is 0 Å². The quantitative estimate of drug-likeness (QED) is 0.0321. The van der Waals surface area contributed by atoms with Crippen LogP contribution in [0.15, 0.2) is 178 Å². The molecule has 1 saturated heterocycles. The molecule has 0 saturated carbocycles. The highest BCUT2D eigenvalue weighted by molar-refractivity contribution is 6.61. The molecule has 10 rings (SSSR count). The van der Waals surface area contributed by atoms with E-state index in [9.17, 15) is 55.1 Å². The third-order valence-electron chi connectivity index (χ3n) is 11.8. The van der Waals surface area contributed by atoms with Gasteiger partial charge >= 0.3 is 17.6 Å². The van der Waals surface area contributed by atoms with Crippen LogP contribution in [0.3, 0.4) is 0 Å². The number of anilines is 3. The third-order valence-corrected chi connectivity index (χ3v) is 12.2. The smallest absolute Gasteiger partial charge is 0.414 e.